The molecule has 2 rings (SSSR count). The lowest BCUT2D eigenvalue weighted by molar-refractivity contribution is -0.237. The van der Waals surface area contributed by atoms with Gasteiger partial charge in [0.05, 0.1) is 6.61 Å². The summed E-state index contributed by atoms with van der Waals surface area (Å²) in [4.78, 5) is 0. The molecule has 106 valence electrons. The number of benzene rings is 1. The fourth-order valence-corrected chi connectivity index (χ4v) is 2.16. The van der Waals surface area contributed by atoms with Crippen LogP contribution in [0.15, 0.2) is 30.3 Å². The fourth-order valence-electron chi connectivity index (χ4n) is 2.16. The molecule has 6 nitrogen and oxygen atoms in total. The lowest BCUT2D eigenvalue weighted by atomic mass is 9.85. The van der Waals surface area contributed by atoms with E-state index in [-0.39, 0.29) is 6.61 Å². The van der Waals surface area contributed by atoms with Gasteiger partial charge in [-0.15, -0.1) is 0 Å². The van der Waals surface area contributed by atoms with Crippen molar-refractivity contribution in [3.8, 4) is 0 Å². The summed E-state index contributed by atoms with van der Waals surface area (Å²) in [6.07, 6.45) is -8.79. The van der Waals surface area contributed by atoms with Crippen LogP contribution in [-0.4, -0.2) is 62.2 Å². The minimum Gasteiger partial charge on any atom is -0.387 e. The Morgan fingerprint density at radius 1 is 0.737 bits per heavy atom. The van der Waals surface area contributed by atoms with E-state index in [1.165, 1.54) is 0 Å². The number of aliphatic hydroxyl groups excluding tert-OH is 5. The highest BCUT2D eigenvalue weighted by Gasteiger charge is 2.48. The first kappa shape index (κ1) is 14.4. The molecule has 0 heterocycles. The zero-order valence-corrected chi connectivity index (χ0v) is 10.2. The maximum absolute atomic E-state index is 9.77. The number of rotatable bonds is 3. The van der Waals surface area contributed by atoms with Gasteiger partial charge in [-0.1, -0.05) is 30.3 Å². The standard InChI is InChI=1S/C13H18O6/c14-8-9(15)11(17)13(12(18)10(8)16)19-6-7-4-2-1-3-5-7/h1-5,8-18H,6H2/t8-,9-,10+,11+,12-,13-. The molecule has 1 fully saturated rings. The van der Waals surface area contributed by atoms with E-state index in [9.17, 15) is 25.5 Å². The molecule has 1 aromatic rings. The Kier molecular flexibility index (Phi) is 4.51. The molecule has 1 aliphatic carbocycles. The summed E-state index contributed by atoms with van der Waals surface area (Å²) in [6, 6.07) is 9.10. The zero-order valence-electron chi connectivity index (χ0n) is 10.2. The summed E-state index contributed by atoms with van der Waals surface area (Å²) in [5, 5.41) is 48.1. The molecule has 1 aliphatic rings. The van der Waals surface area contributed by atoms with E-state index in [0.717, 1.165) is 5.56 Å². The average Bonchev–Trinajstić information content (AvgIpc) is 2.44. The van der Waals surface area contributed by atoms with Gasteiger partial charge in [-0.05, 0) is 5.56 Å². The monoisotopic (exact) mass is 270 g/mol. The smallest absolute Gasteiger partial charge is 0.115 e. The van der Waals surface area contributed by atoms with Crippen molar-refractivity contribution < 1.29 is 30.3 Å². The second-order valence-corrected chi connectivity index (χ2v) is 4.71. The molecule has 0 saturated heterocycles. The third-order valence-corrected chi connectivity index (χ3v) is 3.36. The highest BCUT2D eigenvalue weighted by atomic mass is 16.5. The van der Waals surface area contributed by atoms with Crippen LogP contribution < -0.4 is 0 Å². The summed E-state index contributed by atoms with van der Waals surface area (Å²) < 4.78 is 5.35. The Bertz CT molecular complexity index is 381. The Balaban J connectivity index is 2.02. The van der Waals surface area contributed by atoms with E-state index in [0.29, 0.717) is 0 Å². The van der Waals surface area contributed by atoms with Gasteiger partial charge in [-0.2, -0.15) is 0 Å². The Labute approximate surface area is 110 Å². The van der Waals surface area contributed by atoms with Gasteiger partial charge in [-0.3, -0.25) is 0 Å². The second-order valence-electron chi connectivity index (χ2n) is 4.71. The van der Waals surface area contributed by atoms with Crippen molar-refractivity contribution in [1.82, 2.24) is 0 Å². The molecule has 0 spiro atoms. The molecule has 0 radical (unpaired) electrons. The number of hydrogen-bond donors (Lipinski definition) is 5. The SMILES string of the molecule is O[C@@H]1[C@@H](O)[C@H](O)[C@@H](OCc2ccccc2)[C@H](O)[C@H]1O. The van der Waals surface area contributed by atoms with Crippen molar-refractivity contribution >= 4 is 0 Å². The molecule has 0 amide bonds. The van der Waals surface area contributed by atoms with Crippen molar-refractivity contribution in [2.75, 3.05) is 0 Å². The van der Waals surface area contributed by atoms with Crippen molar-refractivity contribution in [2.24, 2.45) is 0 Å². The molecule has 1 aromatic carbocycles. The van der Waals surface area contributed by atoms with Crippen molar-refractivity contribution in [3.63, 3.8) is 0 Å². The average molecular weight is 270 g/mol. The van der Waals surface area contributed by atoms with Gasteiger partial charge in [0.1, 0.15) is 36.6 Å². The number of aliphatic hydroxyl groups is 5. The summed E-state index contributed by atoms with van der Waals surface area (Å²) in [7, 11) is 0. The first-order valence-electron chi connectivity index (χ1n) is 6.08. The predicted molar refractivity (Wildman–Crippen MR) is 65.1 cm³/mol. The minimum atomic E-state index is -1.60. The van der Waals surface area contributed by atoms with Crippen LogP contribution in [0.2, 0.25) is 0 Å². The summed E-state index contributed by atoms with van der Waals surface area (Å²) in [5.41, 5.74) is 0.831. The van der Waals surface area contributed by atoms with E-state index < -0.39 is 36.6 Å². The van der Waals surface area contributed by atoms with Gasteiger partial charge < -0.3 is 30.3 Å². The van der Waals surface area contributed by atoms with E-state index in [1.54, 1.807) is 0 Å². The van der Waals surface area contributed by atoms with Crippen LogP contribution >= 0.6 is 0 Å². The van der Waals surface area contributed by atoms with Crippen LogP contribution in [0.1, 0.15) is 5.56 Å². The van der Waals surface area contributed by atoms with Crippen molar-refractivity contribution in [1.29, 1.82) is 0 Å². The van der Waals surface area contributed by atoms with Crippen LogP contribution in [0.3, 0.4) is 0 Å². The van der Waals surface area contributed by atoms with E-state index in [4.69, 9.17) is 4.74 Å². The Morgan fingerprint density at radius 2 is 1.21 bits per heavy atom. The minimum absolute atomic E-state index is 0.120. The van der Waals surface area contributed by atoms with Crippen LogP contribution in [0.4, 0.5) is 0 Å². The quantitative estimate of drug-likeness (QED) is 0.452. The lowest BCUT2D eigenvalue weighted by Crippen LogP contribution is -2.64. The number of hydrogen-bond acceptors (Lipinski definition) is 6. The van der Waals surface area contributed by atoms with Gasteiger partial charge in [0.2, 0.25) is 0 Å². The first-order chi connectivity index (χ1) is 9.02. The molecule has 0 unspecified atom stereocenters. The van der Waals surface area contributed by atoms with Crippen molar-refractivity contribution in [3.05, 3.63) is 35.9 Å². The second kappa shape index (κ2) is 5.96. The molecule has 5 N–H and O–H groups in total. The van der Waals surface area contributed by atoms with Crippen LogP contribution in [0, 0.1) is 0 Å². The van der Waals surface area contributed by atoms with Crippen LogP contribution in [0.25, 0.3) is 0 Å². The maximum Gasteiger partial charge on any atom is 0.115 e. The van der Waals surface area contributed by atoms with Crippen molar-refractivity contribution in [2.45, 2.75) is 43.2 Å². The van der Waals surface area contributed by atoms with E-state index in [2.05, 4.69) is 0 Å². The molecular formula is C13H18O6. The van der Waals surface area contributed by atoms with E-state index >= 15 is 0 Å². The third-order valence-electron chi connectivity index (χ3n) is 3.36. The van der Waals surface area contributed by atoms with Gasteiger partial charge in [0, 0.05) is 0 Å². The first-order valence-corrected chi connectivity index (χ1v) is 6.08. The lowest BCUT2D eigenvalue weighted by Gasteiger charge is -2.41. The van der Waals surface area contributed by atoms with Crippen LogP contribution in [0.5, 0.6) is 0 Å². The predicted octanol–water partition coefficient (Wildman–Crippen LogP) is -1.61. The molecule has 0 bridgehead atoms. The molecule has 19 heavy (non-hydrogen) atoms. The molecular weight excluding hydrogens is 252 g/mol. The van der Waals surface area contributed by atoms with E-state index in [1.807, 2.05) is 30.3 Å². The number of ether oxygens (including phenoxy) is 1. The third kappa shape index (κ3) is 2.94. The highest BCUT2D eigenvalue weighted by Crippen LogP contribution is 2.24. The molecule has 6 heteroatoms. The Morgan fingerprint density at radius 3 is 1.74 bits per heavy atom. The van der Waals surface area contributed by atoms with Gasteiger partial charge in [-0.25, -0.2) is 0 Å². The normalized spacial score (nSPS) is 39.2. The molecule has 0 aromatic heterocycles. The highest BCUT2D eigenvalue weighted by molar-refractivity contribution is 5.13. The fraction of sp³-hybridized carbons (Fsp3) is 0.538. The molecule has 0 aliphatic heterocycles. The summed E-state index contributed by atoms with van der Waals surface area (Å²) >= 11 is 0. The maximum atomic E-state index is 9.77. The van der Waals surface area contributed by atoms with Crippen LogP contribution in [-0.2, 0) is 11.3 Å². The summed E-state index contributed by atoms with van der Waals surface area (Å²) in [6.45, 7) is 0.120. The van der Waals surface area contributed by atoms with Gasteiger partial charge >= 0.3 is 0 Å². The largest absolute Gasteiger partial charge is 0.387 e. The van der Waals surface area contributed by atoms with Gasteiger partial charge in [0.25, 0.3) is 0 Å². The zero-order chi connectivity index (χ0) is 14.0. The van der Waals surface area contributed by atoms with Gasteiger partial charge in [0.15, 0.2) is 0 Å². The Hall–Kier alpha value is -1.02. The summed E-state index contributed by atoms with van der Waals surface area (Å²) in [5.74, 6) is 0. The topological polar surface area (TPSA) is 110 Å². The molecule has 6 atom stereocenters. The molecule has 1 saturated carbocycles.